The summed E-state index contributed by atoms with van der Waals surface area (Å²) in [5, 5.41) is 2.98. The van der Waals surface area contributed by atoms with E-state index in [-0.39, 0.29) is 11.5 Å². The second-order valence-electron chi connectivity index (χ2n) is 5.24. The molecule has 3 N–H and O–H groups in total. The van der Waals surface area contributed by atoms with E-state index in [1.807, 2.05) is 0 Å². The number of ether oxygens (including phenoxy) is 1. The first kappa shape index (κ1) is 14.5. The minimum atomic E-state index is -0.0709. The molecule has 17 heavy (non-hydrogen) atoms. The van der Waals surface area contributed by atoms with Crippen molar-refractivity contribution < 1.29 is 9.53 Å². The fourth-order valence-electron chi connectivity index (χ4n) is 2.18. The lowest BCUT2D eigenvalue weighted by Gasteiger charge is -2.40. The average Bonchev–Trinajstić information content (AvgIpc) is 2.26. The Morgan fingerprint density at radius 2 is 2.18 bits per heavy atom. The van der Waals surface area contributed by atoms with Gasteiger partial charge in [0.25, 0.3) is 0 Å². The molecule has 1 rings (SSSR count). The second-order valence-corrected chi connectivity index (χ2v) is 5.24. The lowest BCUT2D eigenvalue weighted by molar-refractivity contribution is -0.125. The van der Waals surface area contributed by atoms with Crippen LogP contribution in [-0.4, -0.2) is 31.7 Å². The number of hydrogen-bond acceptors (Lipinski definition) is 3. The highest BCUT2D eigenvalue weighted by Gasteiger charge is 2.37. The predicted octanol–water partition coefficient (Wildman–Crippen LogP) is 1.44. The zero-order valence-electron chi connectivity index (χ0n) is 11.1. The van der Waals surface area contributed by atoms with Crippen LogP contribution in [0.3, 0.4) is 0 Å². The third-order valence-corrected chi connectivity index (χ3v) is 3.83. The molecule has 1 amide bonds. The molecule has 1 aliphatic carbocycles. The molecule has 1 atom stereocenters. The first-order valence-corrected chi connectivity index (χ1v) is 6.64. The third-order valence-electron chi connectivity index (χ3n) is 3.83. The average molecular weight is 242 g/mol. The number of hydrogen-bond donors (Lipinski definition) is 2. The summed E-state index contributed by atoms with van der Waals surface area (Å²) in [5.74, 6) is 0.669. The smallest absolute Gasteiger partial charge is 0.220 e. The van der Waals surface area contributed by atoms with Gasteiger partial charge in [-0.2, -0.15) is 0 Å². The molecule has 0 saturated heterocycles. The van der Waals surface area contributed by atoms with Gasteiger partial charge in [0.2, 0.25) is 5.91 Å². The molecule has 1 aliphatic rings. The maximum Gasteiger partial charge on any atom is 0.220 e. The molecule has 0 aliphatic heterocycles. The molecule has 0 aromatic rings. The Kier molecular flexibility index (Phi) is 5.92. The maximum absolute atomic E-state index is 11.7. The van der Waals surface area contributed by atoms with Gasteiger partial charge in [0.05, 0.1) is 5.60 Å². The number of methoxy groups -OCH3 is 1. The minimum absolute atomic E-state index is 0.0709. The van der Waals surface area contributed by atoms with E-state index in [2.05, 4.69) is 12.2 Å². The van der Waals surface area contributed by atoms with Crippen LogP contribution < -0.4 is 11.1 Å². The van der Waals surface area contributed by atoms with Crippen LogP contribution in [0, 0.1) is 5.92 Å². The van der Waals surface area contributed by atoms with E-state index in [0.717, 1.165) is 25.7 Å². The van der Waals surface area contributed by atoms with Gasteiger partial charge < -0.3 is 15.8 Å². The largest absolute Gasteiger partial charge is 0.376 e. The standard InChI is InChI=1S/C13H26N2O2/c1-11(6-9-14)4-5-12(16)15-10-13(17-2)7-3-8-13/h11H,3-10,14H2,1-2H3,(H,15,16). The number of nitrogens with one attached hydrogen (secondary N) is 1. The summed E-state index contributed by atoms with van der Waals surface area (Å²) in [4.78, 5) is 11.7. The molecular weight excluding hydrogens is 216 g/mol. The number of rotatable bonds is 8. The molecule has 0 aromatic carbocycles. The molecular formula is C13H26N2O2. The quantitative estimate of drug-likeness (QED) is 0.677. The molecule has 1 fully saturated rings. The molecule has 1 saturated carbocycles. The van der Waals surface area contributed by atoms with Gasteiger partial charge >= 0.3 is 0 Å². The molecule has 0 bridgehead atoms. The highest BCUT2D eigenvalue weighted by Crippen LogP contribution is 2.34. The molecule has 100 valence electrons. The zero-order chi connectivity index (χ0) is 12.7. The van der Waals surface area contributed by atoms with Crippen LogP contribution in [-0.2, 0) is 9.53 Å². The summed E-state index contributed by atoms with van der Waals surface area (Å²) in [6.45, 7) is 3.51. The fourth-order valence-corrected chi connectivity index (χ4v) is 2.18. The Labute approximate surface area is 104 Å². The Hall–Kier alpha value is -0.610. The lowest BCUT2D eigenvalue weighted by Crippen LogP contribution is -2.49. The van der Waals surface area contributed by atoms with Gasteiger partial charge in [-0.1, -0.05) is 6.92 Å². The molecule has 1 unspecified atom stereocenters. The first-order valence-electron chi connectivity index (χ1n) is 6.64. The van der Waals surface area contributed by atoms with Crippen molar-refractivity contribution in [3.8, 4) is 0 Å². The van der Waals surface area contributed by atoms with Crippen LogP contribution >= 0.6 is 0 Å². The lowest BCUT2D eigenvalue weighted by atomic mass is 9.80. The van der Waals surface area contributed by atoms with Gasteiger partial charge in [-0.05, 0) is 44.6 Å². The van der Waals surface area contributed by atoms with Gasteiger partial charge in [-0.3, -0.25) is 4.79 Å². The molecule has 4 nitrogen and oxygen atoms in total. The van der Waals surface area contributed by atoms with Gasteiger partial charge in [0.15, 0.2) is 0 Å². The van der Waals surface area contributed by atoms with Crippen molar-refractivity contribution in [2.24, 2.45) is 11.7 Å². The van der Waals surface area contributed by atoms with E-state index in [4.69, 9.17) is 10.5 Å². The van der Waals surface area contributed by atoms with E-state index >= 15 is 0 Å². The SMILES string of the molecule is COC1(CNC(=O)CCC(C)CCN)CCC1. The fraction of sp³-hybridized carbons (Fsp3) is 0.923. The molecule has 4 heteroatoms. The molecule has 0 aromatic heterocycles. The van der Waals surface area contributed by atoms with Crippen LogP contribution in [0.1, 0.15) is 45.4 Å². The molecule has 0 radical (unpaired) electrons. The van der Waals surface area contributed by atoms with Gasteiger partial charge in [0, 0.05) is 20.1 Å². The summed E-state index contributed by atoms with van der Waals surface area (Å²) in [7, 11) is 1.73. The number of nitrogens with two attached hydrogens (primary N) is 1. The van der Waals surface area contributed by atoms with Crippen molar-refractivity contribution in [1.82, 2.24) is 5.32 Å². The van der Waals surface area contributed by atoms with E-state index in [9.17, 15) is 4.79 Å². The summed E-state index contributed by atoms with van der Waals surface area (Å²) < 4.78 is 5.46. The van der Waals surface area contributed by atoms with Crippen molar-refractivity contribution >= 4 is 5.91 Å². The topological polar surface area (TPSA) is 64.3 Å². The van der Waals surface area contributed by atoms with Crippen LogP contribution in [0.4, 0.5) is 0 Å². The van der Waals surface area contributed by atoms with E-state index in [1.54, 1.807) is 7.11 Å². The molecule has 0 spiro atoms. The van der Waals surface area contributed by atoms with Crippen LogP contribution in [0.25, 0.3) is 0 Å². The zero-order valence-corrected chi connectivity index (χ0v) is 11.1. The highest BCUT2D eigenvalue weighted by atomic mass is 16.5. The van der Waals surface area contributed by atoms with Gasteiger partial charge in [-0.15, -0.1) is 0 Å². The predicted molar refractivity (Wildman–Crippen MR) is 68.7 cm³/mol. The maximum atomic E-state index is 11.7. The third kappa shape index (κ3) is 4.64. The number of carbonyl (C=O) groups is 1. The van der Waals surface area contributed by atoms with Crippen molar-refractivity contribution in [3.05, 3.63) is 0 Å². The second kappa shape index (κ2) is 6.97. The Morgan fingerprint density at radius 1 is 1.47 bits per heavy atom. The first-order chi connectivity index (χ1) is 8.12. The van der Waals surface area contributed by atoms with Crippen molar-refractivity contribution in [2.75, 3.05) is 20.2 Å². The Morgan fingerprint density at radius 3 is 2.65 bits per heavy atom. The van der Waals surface area contributed by atoms with Crippen molar-refractivity contribution in [1.29, 1.82) is 0 Å². The summed E-state index contributed by atoms with van der Waals surface area (Å²) in [6.07, 6.45) is 5.84. The van der Waals surface area contributed by atoms with E-state index in [0.29, 0.717) is 25.4 Å². The Balaban J connectivity index is 2.12. The van der Waals surface area contributed by atoms with Crippen LogP contribution in [0.5, 0.6) is 0 Å². The highest BCUT2D eigenvalue weighted by molar-refractivity contribution is 5.75. The van der Waals surface area contributed by atoms with Crippen molar-refractivity contribution in [3.63, 3.8) is 0 Å². The molecule has 0 heterocycles. The minimum Gasteiger partial charge on any atom is -0.376 e. The number of carbonyl (C=O) groups excluding carboxylic acids is 1. The summed E-state index contributed by atoms with van der Waals surface area (Å²) in [5.41, 5.74) is 5.41. The van der Waals surface area contributed by atoms with Crippen LogP contribution in [0.15, 0.2) is 0 Å². The van der Waals surface area contributed by atoms with Crippen LogP contribution in [0.2, 0.25) is 0 Å². The summed E-state index contributed by atoms with van der Waals surface area (Å²) in [6, 6.07) is 0. The van der Waals surface area contributed by atoms with Gasteiger partial charge in [-0.25, -0.2) is 0 Å². The normalized spacial score (nSPS) is 19.5. The Bertz CT molecular complexity index is 234. The van der Waals surface area contributed by atoms with E-state index in [1.165, 1.54) is 6.42 Å². The summed E-state index contributed by atoms with van der Waals surface area (Å²) >= 11 is 0. The van der Waals surface area contributed by atoms with E-state index < -0.39 is 0 Å². The van der Waals surface area contributed by atoms with Crippen molar-refractivity contribution in [2.45, 2.75) is 51.0 Å². The number of amides is 1. The monoisotopic (exact) mass is 242 g/mol. The van der Waals surface area contributed by atoms with Gasteiger partial charge in [0.1, 0.15) is 0 Å².